The number of aryl methyl sites for hydroxylation is 1. The summed E-state index contributed by atoms with van der Waals surface area (Å²) in [5, 5.41) is 0. The average molecular weight is 234 g/mol. The van der Waals surface area contributed by atoms with Crippen LogP contribution >= 0.6 is 12.2 Å². The van der Waals surface area contributed by atoms with E-state index in [4.69, 9.17) is 18.0 Å². The molecular formula is C10H10N4OS. The van der Waals surface area contributed by atoms with E-state index >= 15 is 0 Å². The SMILES string of the molecule is Cc1nc(-n2cccc2C(N)=S)cc(=O)[nH]1. The number of nitrogens with two attached hydrogens (primary N) is 1. The Morgan fingerprint density at radius 3 is 3.00 bits per heavy atom. The highest BCUT2D eigenvalue weighted by molar-refractivity contribution is 7.80. The second kappa shape index (κ2) is 3.90. The highest BCUT2D eigenvalue weighted by Gasteiger charge is 2.07. The monoisotopic (exact) mass is 234 g/mol. The van der Waals surface area contributed by atoms with E-state index in [2.05, 4.69) is 9.97 Å². The Kier molecular flexibility index (Phi) is 2.57. The zero-order valence-electron chi connectivity index (χ0n) is 8.60. The van der Waals surface area contributed by atoms with Gasteiger partial charge in [-0.2, -0.15) is 0 Å². The Bertz CT molecular complexity index is 599. The van der Waals surface area contributed by atoms with Crippen molar-refractivity contribution in [1.82, 2.24) is 14.5 Å². The summed E-state index contributed by atoms with van der Waals surface area (Å²) >= 11 is 4.91. The van der Waals surface area contributed by atoms with Crippen LogP contribution in [0.5, 0.6) is 0 Å². The largest absolute Gasteiger partial charge is 0.388 e. The van der Waals surface area contributed by atoms with Crippen molar-refractivity contribution in [3.63, 3.8) is 0 Å². The number of nitrogens with one attached hydrogen (secondary N) is 1. The summed E-state index contributed by atoms with van der Waals surface area (Å²) in [7, 11) is 0. The molecule has 0 aromatic carbocycles. The predicted molar refractivity (Wildman–Crippen MR) is 64.8 cm³/mol. The minimum Gasteiger partial charge on any atom is -0.388 e. The lowest BCUT2D eigenvalue weighted by atomic mass is 10.4. The molecule has 3 N–H and O–H groups in total. The van der Waals surface area contributed by atoms with Gasteiger partial charge in [0.1, 0.15) is 16.6 Å². The van der Waals surface area contributed by atoms with Gasteiger partial charge >= 0.3 is 0 Å². The summed E-state index contributed by atoms with van der Waals surface area (Å²) in [4.78, 5) is 18.4. The molecule has 0 spiro atoms. The van der Waals surface area contributed by atoms with Crippen LogP contribution in [0.25, 0.3) is 5.82 Å². The number of aromatic amines is 1. The normalized spacial score (nSPS) is 10.3. The van der Waals surface area contributed by atoms with Gasteiger partial charge in [-0.25, -0.2) is 4.98 Å². The van der Waals surface area contributed by atoms with Crippen LogP contribution < -0.4 is 11.3 Å². The van der Waals surface area contributed by atoms with Gasteiger partial charge in [0.15, 0.2) is 0 Å². The number of thiocarbonyl (C=S) groups is 1. The molecule has 82 valence electrons. The van der Waals surface area contributed by atoms with Crippen molar-refractivity contribution in [2.24, 2.45) is 5.73 Å². The van der Waals surface area contributed by atoms with E-state index in [9.17, 15) is 4.79 Å². The summed E-state index contributed by atoms with van der Waals surface area (Å²) in [5.74, 6) is 1.05. The van der Waals surface area contributed by atoms with Gasteiger partial charge in [0.2, 0.25) is 0 Å². The van der Waals surface area contributed by atoms with Gasteiger partial charge in [-0.3, -0.25) is 9.36 Å². The van der Waals surface area contributed by atoms with E-state index in [1.54, 1.807) is 29.8 Å². The molecule has 0 radical (unpaired) electrons. The molecule has 0 aliphatic rings. The van der Waals surface area contributed by atoms with Gasteiger partial charge in [0.05, 0.1) is 5.69 Å². The Morgan fingerprint density at radius 1 is 1.62 bits per heavy atom. The van der Waals surface area contributed by atoms with Crippen molar-refractivity contribution >= 4 is 17.2 Å². The molecule has 5 nitrogen and oxygen atoms in total. The van der Waals surface area contributed by atoms with Crippen molar-refractivity contribution in [2.45, 2.75) is 6.92 Å². The molecule has 16 heavy (non-hydrogen) atoms. The zero-order chi connectivity index (χ0) is 11.7. The molecule has 0 aliphatic heterocycles. The lowest BCUT2D eigenvalue weighted by Gasteiger charge is -2.06. The maximum atomic E-state index is 11.3. The smallest absolute Gasteiger partial charge is 0.253 e. The molecule has 6 heteroatoms. The second-order valence-corrected chi connectivity index (χ2v) is 3.76. The number of aromatic nitrogens is 3. The summed E-state index contributed by atoms with van der Waals surface area (Å²) in [6, 6.07) is 4.97. The van der Waals surface area contributed by atoms with Gasteiger partial charge in [-0.05, 0) is 19.1 Å². The van der Waals surface area contributed by atoms with E-state index in [1.807, 2.05) is 0 Å². The first-order valence-electron chi connectivity index (χ1n) is 4.63. The van der Waals surface area contributed by atoms with Crippen LogP contribution in [0.4, 0.5) is 0 Å². The van der Waals surface area contributed by atoms with Crippen molar-refractivity contribution in [3.8, 4) is 5.82 Å². The van der Waals surface area contributed by atoms with E-state index in [0.717, 1.165) is 0 Å². The number of H-pyrrole nitrogens is 1. The van der Waals surface area contributed by atoms with E-state index < -0.39 is 0 Å². The number of hydrogen-bond donors (Lipinski definition) is 2. The lowest BCUT2D eigenvalue weighted by molar-refractivity contribution is 0.922. The Morgan fingerprint density at radius 2 is 2.38 bits per heavy atom. The van der Waals surface area contributed by atoms with Crippen LogP contribution in [0.1, 0.15) is 11.5 Å². The molecule has 0 amide bonds. The minimum atomic E-state index is -0.204. The molecule has 0 bridgehead atoms. The van der Waals surface area contributed by atoms with E-state index in [1.165, 1.54) is 6.07 Å². The molecule has 0 unspecified atom stereocenters. The topological polar surface area (TPSA) is 76.7 Å². The standard InChI is InChI=1S/C10H10N4OS/c1-6-12-8(5-9(15)13-6)14-4-2-3-7(14)10(11)16/h2-5H,1H3,(H2,11,16)(H,12,13,15). The van der Waals surface area contributed by atoms with Crippen molar-refractivity contribution in [2.75, 3.05) is 0 Å². The summed E-state index contributed by atoms with van der Waals surface area (Å²) in [6.07, 6.45) is 1.76. The fourth-order valence-corrected chi connectivity index (χ4v) is 1.63. The summed E-state index contributed by atoms with van der Waals surface area (Å²) < 4.78 is 1.69. The first kappa shape index (κ1) is 10.6. The Hall–Kier alpha value is -1.95. The average Bonchev–Trinajstić information content (AvgIpc) is 2.63. The van der Waals surface area contributed by atoms with Crippen LogP contribution in [0, 0.1) is 6.92 Å². The second-order valence-electron chi connectivity index (χ2n) is 3.32. The quantitative estimate of drug-likeness (QED) is 0.742. The fraction of sp³-hybridized carbons (Fsp3) is 0.100. The van der Waals surface area contributed by atoms with Gasteiger partial charge in [0, 0.05) is 12.3 Å². The van der Waals surface area contributed by atoms with Gasteiger partial charge < -0.3 is 10.7 Å². The Balaban J connectivity index is 2.63. The minimum absolute atomic E-state index is 0.204. The predicted octanol–water partition coefficient (Wildman–Crippen LogP) is 0.503. The third kappa shape index (κ3) is 1.87. The van der Waals surface area contributed by atoms with Crippen LogP contribution in [0.3, 0.4) is 0 Å². The van der Waals surface area contributed by atoms with Gasteiger partial charge in [-0.1, -0.05) is 12.2 Å². The lowest BCUT2D eigenvalue weighted by Crippen LogP contribution is -2.17. The van der Waals surface area contributed by atoms with Crippen LogP contribution in [-0.2, 0) is 0 Å². The third-order valence-corrected chi connectivity index (χ3v) is 2.30. The molecule has 2 heterocycles. The molecular weight excluding hydrogens is 224 g/mol. The van der Waals surface area contributed by atoms with Gasteiger partial charge in [0.25, 0.3) is 5.56 Å². The molecule has 2 aromatic rings. The molecule has 0 saturated carbocycles. The first-order chi connectivity index (χ1) is 7.58. The summed E-state index contributed by atoms with van der Waals surface area (Å²) in [5.41, 5.74) is 6.03. The van der Waals surface area contributed by atoms with Crippen molar-refractivity contribution in [3.05, 3.63) is 46.3 Å². The zero-order valence-corrected chi connectivity index (χ0v) is 9.41. The van der Waals surface area contributed by atoms with Crippen LogP contribution in [-0.4, -0.2) is 19.5 Å². The third-order valence-electron chi connectivity index (χ3n) is 2.09. The molecule has 2 aromatic heterocycles. The molecule has 0 atom stereocenters. The highest BCUT2D eigenvalue weighted by atomic mass is 32.1. The van der Waals surface area contributed by atoms with Crippen LogP contribution in [0.15, 0.2) is 29.2 Å². The molecule has 2 rings (SSSR count). The van der Waals surface area contributed by atoms with E-state index in [-0.39, 0.29) is 10.5 Å². The van der Waals surface area contributed by atoms with Crippen LogP contribution in [0.2, 0.25) is 0 Å². The fourth-order valence-electron chi connectivity index (χ4n) is 1.47. The Labute approximate surface area is 96.9 Å². The maximum absolute atomic E-state index is 11.3. The number of rotatable bonds is 2. The van der Waals surface area contributed by atoms with Gasteiger partial charge in [-0.15, -0.1) is 0 Å². The maximum Gasteiger partial charge on any atom is 0.253 e. The first-order valence-corrected chi connectivity index (χ1v) is 5.04. The molecule has 0 aliphatic carbocycles. The van der Waals surface area contributed by atoms with E-state index in [0.29, 0.717) is 17.3 Å². The van der Waals surface area contributed by atoms with Crippen molar-refractivity contribution < 1.29 is 0 Å². The van der Waals surface area contributed by atoms with Crippen molar-refractivity contribution in [1.29, 1.82) is 0 Å². The number of hydrogen-bond acceptors (Lipinski definition) is 3. The number of nitrogens with zero attached hydrogens (tertiary/aromatic N) is 2. The molecule has 0 saturated heterocycles. The molecule has 0 fully saturated rings. The highest BCUT2D eigenvalue weighted by Crippen LogP contribution is 2.08. The summed E-state index contributed by atoms with van der Waals surface area (Å²) in [6.45, 7) is 1.72.